The standard InChI is InChI=1S/C30H35NO2/c32-30-26(17-20-31-18-15-25(16-19-31)24-9-5-2-6-10-24)11-12-27-21-28(13-14-29(27)30)33-22-23-7-3-1-4-8-23/h1-10,13-14,21,25-26,30,32H,11-12,15-20,22H2/t26-,30?/m1/s1. The third-order valence-electron chi connectivity index (χ3n) is 7.59. The van der Waals surface area contributed by atoms with Gasteiger partial charge in [0.2, 0.25) is 0 Å². The first kappa shape index (κ1) is 22.2. The highest BCUT2D eigenvalue weighted by atomic mass is 16.5. The van der Waals surface area contributed by atoms with Crippen LogP contribution in [0.4, 0.5) is 0 Å². The molecule has 0 radical (unpaired) electrons. The van der Waals surface area contributed by atoms with Crippen molar-refractivity contribution in [3.05, 3.63) is 101 Å². The summed E-state index contributed by atoms with van der Waals surface area (Å²) >= 11 is 0. The van der Waals surface area contributed by atoms with Gasteiger partial charge in [-0.3, -0.25) is 0 Å². The van der Waals surface area contributed by atoms with Gasteiger partial charge in [0, 0.05) is 0 Å². The molecule has 1 aliphatic carbocycles. The number of fused-ring (bicyclic) bond motifs is 1. The van der Waals surface area contributed by atoms with E-state index >= 15 is 0 Å². The predicted molar refractivity (Wildman–Crippen MR) is 133 cm³/mol. The number of hydrogen-bond acceptors (Lipinski definition) is 3. The number of benzene rings is 3. The van der Waals surface area contributed by atoms with E-state index in [9.17, 15) is 5.11 Å². The molecule has 1 N–H and O–H groups in total. The zero-order valence-electron chi connectivity index (χ0n) is 19.4. The summed E-state index contributed by atoms with van der Waals surface area (Å²) in [4.78, 5) is 2.60. The molecule has 3 aromatic rings. The monoisotopic (exact) mass is 441 g/mol. The maximum Gasteiger partial charge on any atom is 0.120 e. The third kappa shape index (κ3) is 5.48. The van der Waals surface area contributed by atoms with E-state index in [-0.39, 0.29) is 6.10 Å². The van der Waals surface area contributed by atoms with Crippen molar-refractivity contribution in [2.45, 2.75) is 50.7 Å². The second-order valence-electron chi connectivity index (χ2n) is 9.69. The second-order valence-corrected chi connectivity index (χ2v) is 9.69. The Morgan fingerprint density at radius 3 is 2.33 bits per heavy atom. The summed E-state index contributed by atoms with van der Waals surface area (Å²) in [7, 11) is 0. The molecule has 1 heterocycles. The summed E-state index contributed by atoms with van der Waals surface area (Å²) in [5.74, 6) is 1.94. The fourth-order valence-electron chi connectivity index (χ4n) is 5.54. The molecule has 1 aliphatic heterocycles. The highest BCUT2D eigenvalue weighted by Gasteiger charge is 2.29. The molecule has 3 aromatic carbocycles. The van der Waals surface area contributed by atoms with E-state index in [0.29, 0.717) is 18.4 Å². The number of aliphatic hydroxyl groups excluding tert-OH is 1. The Morgan fingerprint density at radius 1 is 0.848 bits per heavy atom. The normalized spacial score (nSPS) is 21.5. The van der Waals surface area contributed by atoms with Crippen LogP contribution in [0, 0.1) is 5.92 Å². The Hall–Kier alpha value is -2.62. The molecule has 0 saturated carbocycles. The molecule has 1 saturated heterocycles. The molecule has 0 amide bonds. The minimum absolute atomic E-state index is 0.348. The zero-order valence-corrected chi connectivity index (χ0v) is 19.4. The van der Waals surface area contributed by atoms with Crippen molar-refractivity contribution in [3.63, 3.8) is 0 Å². The minimum Gasteiger partial charge on any atom is -0.489 e. The number of hydrogen-bond donors (Lipinski definition) is 1. The van der Waals surface area contributed by atoms with Gasteiger partial charge in [0.05, 0.1) is 6.10 Å². The molecule has 5 rings (SSSR count). The van der Waals surface area contributed by atoms with Gasteiger partial charge in [-0.15, -0.1) is 0 Å². The van der Waals surface area contributed by atoms with E-state index < -0.39 is 0 Å². The molecular formula is C30H35NO2. The maximum absolute atomic E-state index is 11.1. The van der Waals surface area contributed by atoms with Crippen LogP contribution in [0.3, 0.4) is 0 Å². The molecule has 1 unspecified atom stereocenters. The third-order valence-corrected chi connectivity index (χ3v) is 7.59. The Labute approximate surface area is 198 Å². The van der Waals surface area contributed by atoms with E-state index in [1.165, 1.54) is 42.6 Å². The highest BCUT2D eigenvalue weighted by molar-refractivity contribution is 5.39. The van der Waals surface area contributed by atoms with E-state index in [0.717, 1.165) is 37.1 Å². The largest absolute Gasteiger partial charge is 0.489 e. The van der Waals surface area contributed by atoms with Crippen LogP contribution in [0.1, 0.15) is 60.0 Å². The van der Waals surface area contributed by atoms with E-state index in [2.05, 4.69) is 59.5 Å². The molecule has 33 heavy (non-hydrogen) atoms. The van der Waals surface area contributed by atoms with Crippen molar-refractivity contribution in [2.75, 3.05) is 19.6 Å². The molecule has 3 heteroatoms. The van der Waals surface area contributed by atoms with Crippen LogP contribution in [0.25, 0.3) is 0 Å². The number of nitrogens with zero attached hydrogens (tertiary/aromatic N) is 1. The van der Waals surface area contributed by atoms with Crippen molar-refractivity contribution >= 4 is 0 Å². The van der Waals surface area contributed by atoms with Gasteiger partial charge >= 0.3 is 0 Å². The first-order chi connectivity index (χ1) is 16.3. The van der Waals surface area contributed by atoms with Crippen LogP contribution >= 0.6 is 0 Å². The zero-order chi connectivity index (χ0) is 22.5. The molecule has 3 nitrogen and oxygen atoms in total. The van der Waals surface area contributed by atoms with Gasteiger partial charge < -0.3 is 14.7 Å². The number of ether oxygens (including phenoxy) is 1. The van der Waals surface area contributed by atoms with Gasteiger partial charge in [-0.25, -0.2) is 0 Å². The van der Waals surface area contributed by atoms with E-state index in [1.54, 1.807) is 0 Å². The summed E-state index contributed by atoms with van der Waals surface area (Å²) in [5.41, 5.74) is 5.00. The van der Waals surface area contributed by atoms with Crippen LogP contribution in [0.2, 0.25) is 0 Å². The van der Waals surface area contributed by atoms with E-state index in [4.69, 9.17) is 4.74 Å². The SMILES string of the molecule is OC1c2ccc(OCc3ccccc3)cc2CC[C@@H]1CCN1CCC(c2ccccc2)CC1. The van der Waals surface area contributed by atoms with Crippen molar-refractivity contribution in [3.8, 4) is 5.75 Å². The van der Waals surface area contributed by atoms with Crippen LogP contribution in [-0.2, 0) is 13.0 Å². The van der Waals surface area contributed by atoms with Crippen molar-refractivity contribution in [1.29, 1.82) is 0 Å². The number of piperidine rings is 1. The molecule has 2 atom stereocenters. The lowest BCUT2D eigenvalue weighted by Crippen LogP contribution is -2.35. The fourth-order valence-corrected chi connectivity index (χ4v) is 5.54. The maximum atomic E-state index is 11.1. The summed E-state index contributed by atoms with van der Waals surface area (Å²) in [6.07, 6.45) is 5.27. The summed E-state index contributed by atoms with van der Waals surface area (Å²) in [5, 5.41) is 11.1. The van der Waals surface area contributed by atoms with E-state index in [1.807, 2.05) is 24.3 Å². The van der Waals surface area contributed by atoms with Crippen LogP contribution < -0.4 is 4.74 Å². The van der Waals surface area contributed by atoms with Gasteiger partial charge in [0.1, 0.15) is 12.4 Å². The minimum atomic E-state index is -0.362. The van der Waals surface area contributed by atoms with Crippen molar-refractivity contribution in [2.24, 2.45) is 5.92 Å². The number of rotatable bonds is 7. The van der Waals surface area contributed by atoms with Crippen LogP contribution in [0.15, 0.2) is 78.9 Å². The van der Waals surface area contributed by atoms with Crippen LogP contribution in [-0.4, -0.2) is 29.6 Å². The van der Waals surface area contributed by atoms with Gasteiger partial charge in [0.25, 0.3) is 0 Å². The van der Waals surface area contributed by atoms with Crippen molar-refractivity contribution in [1.82, 2.24) is 4.90 Å². The first-order valence-electron chi connectivity index (χ1n) is 12.5. The molecule has 2 aliphatic rings. The Bertz CT molecular complexity index is 1010. The number of likely N-dealkylation sites (tertiary alicyclic amines) is 1. The van der Waals surface area contributed by atoms with Gasteiger partial charge in [-0.05, 0) is 98.0 Å². The van der Waals surface area contributed by atoms with Gasteiger partial charge in [0.15, 0.2) is 0 Å². The molecule has 1 fully saturated rings. The summed E-state index contributed by atoms with van der Waals surface area (Å²) < 4.78 is 6.00. The molecule has 172 valence electrons. The topological polar surface area (TPSA) is 32.7 Å². The smallest absolute Gasteiger partial charge is 0.120 e. The quantitative estimate of drug-likeness (QED) is 0.479. The first-order valence-corrected chi connectivity index (χ1v) is 12.5. The molecule has 0 aromatic heterocycles. The van der Waals surface area contributed by atoms with Crippen LogP contribution in [0.5, 0.6) is 5.75 Å². The molecule has 0 bridgehead atoms. The Balaban J connectivity index is 1.11. The second kappa shape index (κ2) is 10.5. The van der Waals surface area contributed by atoms with Gasteiger partial charge in [-0.2, -0.15) is 0 Å². The fraction of sp³-hybridized carbons (Fsp3) is 0.400. The number of aryl methyl sites for hydroxylation is 1. The lowest BCUT2D eigenvalue weighted by atomic mass is 9.79. The molecular weight excluding hydrogens is 406 g/mol. The lowest BCUT2D eigenvalue weighted by Gasteiger charge is -2.35. The highest BCUT2D eigenvalue weighted by Crippen LogP contribution is 2.38. The lowest BCUT2D eigenvalue weighted by molar-refractivity contribution is 0.0771. The average Bonchev–Trinajstić information content (AvgIpc) is 2.88. The average molecular weight is 442 g/mol. The van der Waals surface area contributed by atoms with Gasteiger partial charge in [-0.1, -0.05) is 66.7 Å². The summed E-state index contributed by atoms with van der Waals surface area (Å²) in [6, 6.07) is 27.4. The van der Waals surface area contributed by atoms with Crippen molar-refractivity contribution < 1.29 is 9.84 Å². The predicted octanol–water partition coefficient (Wildman–Crippen LogP) is 6.13. The Kier molecular flexibility index (Phi) is 7.09. The molecule has 0 spiro atoms. The Morgan fingerprint density at radius 2 is 1.58 bits per heavy atom. The number of aliphatic hydroxyl groups is 1. The summed E-state index contributed by atoms with van der Waals surface area (Å²) in [6.45, 7) is 4.00.